The molecule has 0 radical (unpaired) electrons. The molecule has 0 spiro atoms. The molecule has 1 saturated heterocycles. The van der Waals surface area contributed by atoms with Crippen LogP contribution in [0.3, 0.4) is 0 Å². The fourth-order valence-corrected chi connectivity index (χ4v) is 3.07. The number of amides is 3. The lowest BCUT2D eigenvalue weighted by Gasteiger charge is -2.19. The van der Waals surface area contributed by atoms with Crippen molar-refractivity contribution in [3.8, 4) is 11.5 Å². The summed E-state index contributed by atoms with van der Waals surface area (Å²) in [5, 5.41) is 5.34. The molecule has 1 aliphatic heterocycles. The third-order valence-electron chi connectivity index (χ3n) is 4.57. The van der Waals surface area contributed by atoms with Gasteiger partial charge in [-0.3, -0.25) is 4.79 Å². The van der Waals surface area contributed by atoms with Crippen molar-refractivity contribution < 1.29 is 23.5 Å². The Balaban J connectivity index is 1.64. The van der Waals surface area contributed by atoms with Crippen molar-refractivity contribution in [3.63, 3.8) is 0 Å². The Morgan fingerprint density at radius 2 is 1.89 bits per heavy atom. The van der Waals surface area contributed by atoms with E-state index in [9.17, 15) is 14.0 Å². The number of carbonyl (C=O) groups is 2. The van der Waals surface area contributed by atoms with Crippen LogP contribution in [0.2, 0.25) is 0 Å². The molecule has 148 valence electrons. The maximum absolute atomic E-state index is 13.6. The number of hydrogen-bond donors (Lipinski definition) is 2. The summed E-state index contributed by atoms with van der Waals surface area (Å²) in [6.07, 6.45) is 0.171. The Bertz CT molecular complexity index is 903. The zero-order valence-corrected chi connectivity index (χ0v) is 15.9. The zero-order chi connectivity index (χ0) is 20.3. The van der Waals surface area contributed by atoms with Crippen molar-refractivity contribution in [2.24, 2.45) is 0 Å². The highest BCUT2D eigenvalue weighted by Crippen LogP contribution is 2.33. The number of carbonyl (C=O) groups excluding carboxylic acids is 2. The number of ether oxygens (including phenoxy) is 2. The van der Waals surface area contributed by atoms with Gasteiger partial charge in [0.25, 0.3) is 0 Å². The largest absolute Gasteiger partial charge is 0.493 e. The standard InChI is InChI=1S/C20H22FN3O4/c1-12-4-5-13(8-16(12)21)22-20(26)23-14-9-19(25)24(11-14)15-6-7-17(27-2)18(10-15)28-3/h4-8,10,14H,9,11H2,1-3H3,(H2,22,23,26). The van der Waals surface area contributed by atoms with Crippen molar-refractivity contribution in [2.45, 2.75) is 19.4 Å². The number of hydrogen-bond acceptors (Lipinski definition) is 4. The van der Waals surface area contributed by atoms with Crippen LogP contribution >= 0.6 is 0 Å². The van der Waals surface area contributed by atoms with Gasteiger partial charge in [0.05, 0.1) is 20.3 Å². The third kappa shape index (κ3) is 4.16. The second-order valence-corrected chi connectivity index (χ2v) is 6.51. The highest BCUT2D eigenvalue weighted by atomic mass is 19.1. The lowest BCUT2D eigenvalue weighted by molar-refractivity contribution is -0.117. The summed E-state index contributed by atoms with van der Waals surface area (Å²) >= 11 is 0. The molecule has 0 aliphatic carbocycles. The summed E-state index contributed by atoms with van der Waals surface area (Å²) in [5.74, 6) is 0.577. The molecule has 7 nitrogen and oxygen atoms in total. The first-order chi connectivity index (χ1) is 13.4. The van der Waals surface area contributed by atoms with Crippen LogP contribution in [-0.2, 0) is 4.79 Å². The van der Waals surface area contributed by atoms with Crippen LogP contribution in [0.5, 0.6) is 11.5 Å². The predicted octanol–water partition coefficient (Wildman–Crippen LogP) is 3.08. The minimum Gasteiger partial charge on any atom is -0.493 e. The van der Waals surface area contributed by atoms with E-state index in [1.165, 1.54) is 20.3 Å². The topological polar surface area (TPSA) is 79.9 Å². The number of methoxy groups -OCH3 is 2. The molecule has 0 aromatic heterocycles. The summed E-state index contributed by atoms with van der Waals surface area (Å²) < 4.78 is 24.1. The summed E-state index contributed by atoms with van der Waals surface area (Å²) in [7, 11) is 3.06. The van der Waals surface area contributed by atoms with Gasteiger partial charge in [-0.2, -0.15) is 0 Å². The van der Waals surface area contributed by atoms with Crippen LogP contribution in [0.1, 0.15) is 12.0 Å². The van der Waals surface area contributed by atoms with Gasteiger partial charge >= 0.3 is 6.03 Å². The predicted molar refractivity (Wildman–Crippen MR) is 104 cm³/mol. The van der Waals surface area contributed by atoms with Crippen LogP contribution in [0.15, 0.2) is 36.4 Å². The molecule has 28 heavy (non-hydrogen) atoms. The first-order valence-electron chi connectivity index (χ1n) is 8.77. The lowest BCUT2D eigenvalue weighted by Crippen LogP contribution is -2.39. The van der Waals surface area contributed by atoms with Crippen molar-refractivity contribution in [1.82, 2.24) is 5.32 Å². The van der Waals surface area contributed by atoms with Gasteiger partial charge in [-0.25, -0.2) is 9.18 Å². The Morgan fingerprint density at radius 1 is 1.14 bits per heavy atom. The molecule has 1 unspecified atom stereocenters. The molecule has 3 rings (SSSR count). The fourth-order valence-electron chi connectivity index (χ4n) is 3.07. The van der Waals surface area contributed by atoms with Crippen molar-refractivity contribution in [2.75, 3.05) is 31.0 Å². The molecule has 0 saturated carbocycles. The van der Waals surface area contributed by atoms with Crippen LogP contribution in [0.4, 0.5) is 20.6 Å². The van der Waals surface area contributed by atoms with E-state index in [-0.39, 0.29) is 18.4 Å². The van der Waals surface area contributed by atoms with E-state index in [0.717, 1.165) is 0 Å². The minimum absolute atomic E-state index is 0.112. The Kier molecular flexibility index (Phi) is 5.67. The van der Waals surface area contributed by atoms with Gasteiger partial charge in [-0.05, 0) is 36.8 Å². The smallest absolute Gasteiger partial charge is 0.319 e. The molecular formula is C20H22FN3O4. The number of urea groups is 1. The average Bonchev–Trinajstić information content (AvgIpc) is 3.04. The summed E-state index contributed by atoms with van der Waals surface area (Å²) in [5.41, 5.74) is 1.51. The van der Waals surface area contributed by atoms with Gasteiger partial charge in [0.2, 0.25) is 5.91 Å². The van der Waals surface area contributed by atoms with Gasteiger partial charge in [-0.15, -0.1) is 0 Å². The second kappa shape index (κ2) is 8.16. The van der Waals surface area contributed by atoms with E-state index in [1.807, 2.05) is 0 Å². The van der Waals surface area contributed by atoms with Gasteiger partial charge in [-0.1, -0.05) is 6.07 Å². The number of rotatable bonds is 5. The molecule has 1 heterocycles. The molecule has 1 fully saturated rings. The Hall–Kier alpha value is -3.29. The molecule has 3 amide bonds. The van der Waals surface area contributed by atoms with Crippen LogP contribution in [-0.4, -0.2) is 38.7 Å². The minimum atomic E-state index is -0.491. The van der Waals surface area contributed by atoms with Gasteiger partial charge in [0.1, 0.15) is 5.82 Å². The Morgan fingerprint density at radius 3 is 2.57 bits per heavy atom. The molecule has 2 N–H and O–H groups in total. The van der Waals surface area contributed by atoms with E-state index >= 15 is 0 Å². The van der Waals surface area contributed by atoms with E-state index < -0.39 is 11.8 Å². The van der Waals surface area contributed by atoms with Crippen LogP contribution in [0.25, 0.3) is 0 Å². The molecule has 8 heteroatoms. The highest BCUT2D eigenvalue weighted by Gasteiger charge is 2.32. The number of benzene rings is 2. The molecule has 1 aliphatic rings. The van der Waals surface area contributed by atoms with E-state index in [4.69, 9.17) is 9.47 Å². The number of anilines is 2. The molecule has 2 aromatic carbocycles. The summed E-state index contributed by atoms with van der Waals surface area (Å²) in [4.78, 5) is 26.2. The molecular weight excluding hydrogens is 365 g/mol. The van der Waals surface area contributed by atoms with Crippen molar-refractivity contribution in [1.29, 1.82) is 0 Å². The zero-order valence-electron chi connectivity index (χ0n) is 15.9. The lowest BCUT2D eigenvalue weighted by atomic mass is 10.2. The number of nitrogens with one attached hydrogen (secondary N) is 2. The third-order valence-corrected chi connectivity index (χ3v) is 4.57. The first kappa shape index (κ1) is 19.5. The maximum Gasteiger partial charge on any atom is 0.319 e. The molecule has 1 atom stereocenters. The summed E-state index contributed by atoms with van der Waals surface area (Å²) in [6.45, 7) is 1.97. The van der Waals surface area contributed by atoms with Gasteiger partial charge in [0.15, 0.2) is 11.5 Å². The van der Waals surface area contributed by atoms with Crippen LogP contribution in [0, 0.1) is 12.7 Å². The van der Waals surface area contributed by atoms with E-state index in [2.05, 4.69) is 10.6 Å². The van der Waals surface area contributed by atoms with E-state index in [0.29, 0.717) is 35.0 Å². The number of halogens is 1. The highest BCUT2D eigenvalue weighted by molar-refractivity contribution is 5.98. The number of aryl methyl sites for hydroxylation is 1. The Labute approximate surface area is 162 Å². The molecule has 2 aromatic rings. The van der Waals surface area contributed by atoms with E-state index in [1.54, 1.807) is 42.2 Å². The first-order valence-corrected chi connectivity index (χ1v) is 8.77. The van der Waals surface area contributed by atoms with Gasteiger partial charge in [0, 0.05) is 30.4 Å². The van der Waals surface area contributed by atoms with Crippen molar-refractivity contribution >= 4 is 23.3 Å². The second-order valence-electron chi connectivity index (χ2n) is 6.51. The van der Waals surface area contributed by atoms with Crippen molar-refractivity contribution in [3.05, 3.63) is 47.8 Å². The van der Waals surface area contributed by atoms with Crippen LogP contribution < -0.4 is 25.0 Å². The van der Waals surface area contributed by atoms with Gasteiger partial charge < -0.3 is 25.0 Å². The normalized spacial score (nSPS) is 16.1. The quantitative estimate of drug-likeness (QED) is 0.826. The number of nitrogens with zero attached hydrogens (tertiary/aromatic N) is 1. The maximum atomic E-state index is 13.6. The monoisotopic (exact) mass is 387 g/mol. The molecule has 0 bridgehead atoms. The SMILES string of the molecule is COc1ccc(N2CC(NC(=O)Nc3ccc(C)c(F)c3)CC2=O)cc1OC. The summed E-state index contributed by atoms with van der Waals surface area (Å²) in [6, 6.07) is 8.80. The average molecular weight is 387 g/mol. The fraction of sp³-hybridized carbons (Fsp3) is 0.300.